The number of rotatable bonds is 9. The average Bonchev–Trinajstić information content (AvgIpc) is 2.38. The lowest BCUT2D eigenvalue weighted by atomic mass is 10.1. The summed E-state index contributed by atoms with van der Waals surface area (Å²) in [5.74, 6) is -1.01. The molecule has 1 atom stereocenters. The Bertz CT molecular complexity index is 478. The summed E-state index contributed by atoms with van der Waals surface area (Å²) in [6.45, 7) is 1.99. The summed E-state index contributed by atoms with van der Waals surface area (Å²) >= 11 is 0. The fraction of sp³-hybridized carbons (Fsp3) is 0.467. The molecule has 6 heteroatoms. The number of carbonyl (C=O) groups is 2. The van der Waals surface area contributed by atoms with Crippen LogP contribution in [0.3, 0.4) is 0 Å². The van der Waals surface area contributed by atoms with Crippen molar-refractivity contribution in [1.82, 2.24) is 5.32 Å². The van der Waals surface area contributed by atoms with E-state index < -0.39 is 5.97 Å². The van der Waals surface area contributed by atoms with Crippen molar-refractivity contribution in [2.24, 2.45) is 0 Å². The van der Waals surface area contributed by atoms with Crippen LogP contribution in [-0.2, 0) is 9.59 Å². The Balaban J connectivity index is 2.17. The Morgan fingerprint density at radius 2 is 2.14 bits per heavy atom. The van der Waals surface area contributed by atoms with Gasteiger partial charge in [0, 0.05) is 18.5 Å². The summed E-state index contributed by atoms with van der Waals surface area (Å²) in [6, 6.07) is 5.65. The van der Waals surface area contributed by atoms with Crippen LogP contribution in [0.4, 0.5) is 4.39 Å². The third kappa shape index (κ3) is 7.91. The third-order valence-corrected chi connectivity index (χ3v) is 2.83. The molecular formula is C15H20FNO4. The van der Waals surface area contributed by atoms with Gasteiger partial charge in [-0.1, -0.05) is 6.07 Å². The second kappa shape index (κ2) is 8.94. The van der Waals surface area contributed by atoms with Crippen LogP contribution in [0.15, 0.2) is 24.3 Å². The van der Waals surface area contributed by atoms with Gasteiger partial charge < -0.3 is 15.2 Å². The van der Waals surface area contributed by atoms with Gasteiger partial charge in [-0.25, -0.2) is 4.39 Å². The molecule has 0 fully saturated rings. The van der Waals surface area contributed by atoms with Gasteiger partial charge in [0.1, 0.15) is 11.6 Å². The first-order valence-electron chi connectivity index (χ1n) is 6.87. The molecule has 116 valence electrons. The quantitative estimate of drug-likeness (QED) is 0.733. The minimum Gasteiger partial charge on any atom is -0.493 e. The summed E-state index contributed by atoms with van der Waals surface area (Å²) in [7, 11) is 0. The first kappa shape index (κ1) is 16.9. The molecule has 1 unspecified atom stereocenters. The largest absolute Gasteiger partial charge is 0.493 e. The molecule has 0 heterocycles. The van der Waals surface area contributed by atoms with Crippen LogP contribution in [0, 0.1) is 5.82 Å². The Morgan fingerprint density at radius 1 is 1.38 bits per heavy atom. The van der Waals surface area contributed by atoms with Crippen molar-refractivity contribution < 1.29 is 23.8 Å². The van der Waals surface area contributed by atoms with Gasteiger partial charge in [-0.3, -0.25) is 9.59 Å². The highest BCUT2D eigenvalue weighted by atomic mass is 19.1. The van der Waals surface area contributed by atoms with E-state index in [-0.39, 0.29) is 37.2 Å². The molecule has 0 saturated carbocycles. The van der Waals surface area contributed by atoms with Crippen molar-refractivity contribution in [2.75, 3.05) is 6.61 Å². The maximum atomic E-state index is 12.9. The second-order valence-corrected chi connectivity index (χ2v) is 4.81. The molecule has 0 aromatic heterocycles. The lowest BCUT2D eigenvalue weighted by Gasteiger charge is -2.13. The first-order valence-corrected chi connectivity index (χ1v) is 6.87. The van der Waals surface area contributed by atoms with Gasteiger partial charge >= 0.3 is 5.97 Å². The molecule has 0 saturated heterocycles. The van der Waals surface area contributed by atoms with E-state index in [1.807, 2.05) is 6.92 Å². The standard InChI is InChI=1S/C15H20FNO4/c1-11(4-2-7-15(19)20)17-14(18)8-9-21-13-6-3-5-12(16)10-13/h3,5-6,10-11H,2,4,7-9H2,1H3,(H,17,18)(H,19,20). The van der Waals surface area contributed by atoms with E-state index in [0.717, 1.165) is 0 Å². The van der Waals surface area contributed by atoms with Gasteiger partial charge in [0.25, 0.3) is 0 Å². The van der Waals surface area contributed by atoms with Crippen molar-refractivity contribution in [2.45, 2.75) is 38.6 Å². The van der Waals surface area contributed by atoms with Crippen molar-refractivity contribution in [3.8, 4) is 5.75 Å². The van der Waals surface area contributed by atoms with E-state index in [0.29, 0.717) is 18.6 Å². The lowest BCUT2D eigenvalue weighted by molar-refractivity contribution is -0.137. The zero-order valence-corrected chi connectivity index (χ0v) is 12.0. The second-order valence-electron chi connectivity index (χ2n) is 4.81. The molecule has 1 rings (SSSR count). The molecule has 0 aliphatic carbocycles. The van der Waals surface area contributed by atoms with Crippen LogP contribution in [0.1, 0.15) is 32.6 Å². The Morgan fingerprint density at radius 3 is 2.81 bits per heavy atom. The molecule has 1 amide bonds. The number of ether oxygens (including phenoxy) is 1. The molecule has 1 aromatic rings. The molecular weight excluding hydrogens is 277 g/mol. The summed E-state index contributed by atoms with van der Waals surface area (Å²) in [5.41, 5.74) is 0. The summed E-state index contributed by atoms with van der Waals surface area (Å²) in [5, 5.41) is 11.3. The highest BCUT2D eigenvalue weighted by Gasteiger charge is 2.08. The van der Waals surface area contributed by atoms with E-state index in [1.54, 1.807) is 6.07 Å². The molecule has 5 nitrogen and oxygen atoms in total. The van der Waals surface area contributed by atoms with Gasteiger partial charge in [0.2, 0.25) is 5.91 Å². The van der Waals surface area contributed by atoms with Crippen LogP contribution >= 0.6 is 0 Å². The van der Waals surface area contributed by atoms with Crippen LogP contribution in [0.25, 0.3) is 0 Å². The van der Waals surface area contributed by atoms with Crippen LogP contribution in [0.5, 0.6) is 5.75 Å². The van der Waals surface area contributed by atoms with Gasteiger partial charge in [0.15, 0.2) is 0 Å². The fourth-order valence-corrected chi connectivity index (χ4v) is 1.80. The Labute approximate surface area is 123 Å². The number of hydrogen-bond donors (Lipinski definition) is 2. The normalized spacial score (nSPS) is 11.7. The van der Waals surface area contributed by atoms with Crippen LogP contribution in [-0.4, -0.2) is 29.6 Å². The maximum absolute atomic E-state index is 12.9. The molecule has 0 bridgehead atoms. The smallest absolute Gasteiger partial charge is 0.303 e. The minimum absolute atomic E-state index is 0.0778. The molecule has 2 N–H and O–H groups in total. The van der Waals surface area contributed by atoms with E-state index >= 15 is 0 Å². The third-order valence-electron chi connectivity index (χ3n) is 2.83. The molecule has 0 aliphatic heterocycles. The van der Waals surface area contributed by atoms with Crippen molar-refractivity contribution in [3.63, 3.8) is 0 Å². The number of carbonyl (C=O) groups excluding carboxylic acids is 1. The minimum atomic E-state index is -0.836. The molecule has 1 aromatic carbocycles. The zero-order valence-electron chi connectivity index (χ0n) is 12.0. The maximum Gasteiger partial charge on any atom is 0.303 e. The van der Waals surface area contributed by atoms with Crippen molar-refractivity contribution in [3.05, 3.63) is 30.1 Å². The molecule has 0 aliphatic rings. The van der Waals surface area contributed by atoms with E-state index in [2.05, 4.69) is 5.32 Å². The van der Waals surface area contributed by atoms with E-state index in [4.69, 9.17) is 9.84 Å². The molecule has 0 spiro atoms. The number of halogens is 1. The highest BCUT2D eigenvalue weighted by Crippen LogP contribution is 2.12. The topological polar surface area (TPSA) is 75.6 Å². The number of hydrogen-bond acceptors (Lipinski definition) is 3. The fourth-order valence-electron chi connectivity index (χ4n) is 1.80. The molecule has 0 radical (unpaired) electrons. The van der Waals surface area contributed by atoms with Crippen LogP contribution in [0.2, 0.25) is 0 Å². The number of carboxylic acid groups (broad SMARTS) is 1. The monoisotopic (exact) mass is 297 g/mol. The van der Waals surface area contributed by atoms with Gasteiger partial charge in [0.05, 0.1) is 13.0 Å². The van der Waals surface area contributed by atoms with Gasteiger partial charge in [-0.15, -0.1) is 0 Å². The number of benzene rings is 1. The van der Waals surface area contributed by atoms with E-state index in [9.17, 15) is 14.0 Å². The predicted octanol–water partition coefficient (Wildman–Crippen LogP) is 2.35. The predicted molar refractivity (Wildman–Crippen MR) is 75.6 cm³/mol. The Hall–Kier alpha value is -2.11. The summed E-state index contributed by atoms with van der Waals surface area (Å²) in [4.78, 5) is 22.0. The van der Waals surface area contributed by atoms with Gasteiger partial charge in [-0.05, 0) is 31.9 Å². The van der Waals surface area contributed by atoms with E-state index in [1.165, 1.54) is 18.2 Å². The zero-order chi connectivity index (χ0) is 15.7. The van der Waals surface area contributed by atoms with Crippen molar-refractivity contribution in [1.29, 1.82) is 0 Å². The number of amides is 1. The van der Waals surface area contributed by atoms with Crippen LogP contribution < -0.4 is 10.1 Å². The lowest BCUT2D eigenvalue weighted by Crippen LogP contribution is -2.33. The highest BCUT2D eigenvalue weighted by molar-refractivity contribution is 5.76. The average molecular weight is 297 g/mol. The molecule has 21 heavy (non-hydrogen) atoms. The number of carboxylic acids is 1. The SMILES string of the molecule is CC(CCCC(=O)O)NC(=O)CCOc1cccc(F)c1. The Kier molecular flexibility index (Phi) is 7.21. The first-order chi connectivity index (χ1) is 9.97. The summed E-state index contributed by atoms with van der Waals surface area (Å²) < 4.78 is 18.2. The van der Waals surface area contributed by atoms with Gasteiger partial charge in [-0.2, -0.15) is 0 Å². The summed E-state index contributed by atoms with van der Waals surface area (Å²) in [6.07, 6.45) is 1.40. The number of aliphatic carboxylic acids is 1. The number of nitrogens with one attached hydrogen (secondary N) is 1. The van der Waals surface area contributed by atoms with Crippen molar-refractivity contribution >= 4 is 11.9 Å².